The number of hydrogen-bond donors (Lipinski definition) is 0. The van der Waals surface area contributed by atoms with E-state index in [1.807, 2.05) is 30.3 Å². The second-order valence-corrected chi connectivity index (χ2v) is 3.40. The third kappa shape index (κ3) is 1.32. The van der Waals surface area contributed by atoms with E-state index in [2.05, 4.69) is 15.0 Å². The summed E-state index contributed by atoms with van der Waals surface area (Å²) in [5, 5.41) is 0. The quantitative estimate of drug-likeness (QED) is 0.689. The SMILES string of the molecule is O=C1N=CC=C2N=C(c3ccccc3)N=C12. The van der Waals surface area contributed by atoms with Crippen molar-refractivity contribution >= 4 is 23.7 Å². The molecule has 0 saturated heterocycles. The molecule has 0 unspecified atom stereocenters. The predicted molar refractivity (Wildman–Crippen MR) is 62.0 cm³/mol. The van der Waals surface area contributed by atoms with Gasteiger partial charge in [0.15, 0.2) is 11.5 Å². The lowest BCUT2D eigenvalue weighted by Crippen LogP contribution is -2.14. The zero-order valence-corrected chi connectivity index (χ0v) is 8.29. The highest BCUT2D eigenvalue weighted by Gasteiger charge is 2.24. The lowest BCUT2D eigenvalue weighted by molar-refractivity contribution is -0.111. The number of amides is 1. The minimum absolute atomic E-state index is 0.327. The van der Waals surface area contributed by atoms with Crippen LogP contribution in [0.4, 0.5) is 0 Å². The molecular weight excluding hydrogens is 202 g/mol. The summed E-state index contributed by atoms with van der Waals surface area (Å²) in [4.78, 5) is 23.6. The zero-order valence-electron chi connectivity index (χ0n) is 8.29. The average Bonchev–Trinajstić information content (AvgIpc) is 2.76. The highest BCUT2D eigenvalue weighted by molar-refractivity contribution is 6.51. The zero-order chi connectivity index (χ0) is 11.0. The molecule has 2 aliphatic rings. The van der Waals surface area contributed by atoms with Crippen molar-refractivity contribution < 1.29 is 4.79 Å². The number of carbonyl (C=O) groups is 1. The molecule has 4 heteroatoms. The van der Waals surface area contributed by atoms with Crippen molar-refractivity contribution in [2.75, 3.05) is 0 Å². The van der Waals surface area contributed by atoms with Crippen LogP contribution >= 0.6 is 0 Å². The summed E-state index contributed by atoms with van der Waals surface area (Å²) in [5.74, 6) is 0.243. The van der Waals surface area contributed by atoms with Crippen LogP contribution in [0.5, 0.6) is 0 Å². The molecule has 4 nitrogen and oxygen atoms in total. The summed E-state index contributed by atoms with van der Waals surface area (Å²) >= 11 is 0. The third-order valence-electron chi connectivity index (χ3n) is 2.35. The molecule has 2 aliphatic heterocycles. The van der Waals surface area contributed by atoms with Gasteiger partial charge in [-0.25, -0.2) is 15.0 Å². The minimum atomic E-state index is -0.327. The molecule has 0 N–H and O–H groups in total. The maximum atomic E-state index is 11.4. The number of hydrogen-bond acceptors (Lipinski definition) is 3. The van der Waals surface area contributed by atoms with E-state index < -0.39 is 0 Å². The second-order valence-electron chi connectivity index (χ2n) is 3.40. The molecule has 0 spiro atoms. The molecule has 0 aromatic heterocycles. The van der Waals surface area contributed by atoms with Gasteiger partial charge in [-0.05, 0) is 6.08 Å². The molecule has 1 aromatic rings. The van der Waals surface area contributed by atoms with Gasteiger partial charge in [-0.15, -0.1) is 0 Å². The summed E-state index contributed by atoms with van der Waals surface area (Å²) in [5.41, 5.74) is 1.83. The van der Waals surface area contributed by atoms with Crippen molar-refractivity contribution in [2.24, 2.45) is 15.0 Å². The van der Waals surface area contributed by atoms with Crippen LogP contribution in [0, 0.1) is 0 Å². The first-order valence-electron chi connectivity index (χ1n) is 4.86. The molecular formula is C12H7N3O. The van der Waals surface area contributed by atoms with E-state index >= 15 is 0 Å². The molecule has 0 atom stereocenters. The first-order chi connectivity index (χ1) is 7.84. The van der Waals surface area contributed by atoms with Crippen LogP contribution in [-0.4, -0.2) is 23.7 Å². The van der Waals surface area contributed by atoms with Crippen molar-refractivity contribution in [1.82, 2.24) is 0 Å². The molecule has 1 aromatic carbocycles. The van der Waals surface area contributed by atoms with Gasteiger partial charge < -0.3 is 0 Å². The number of rotatable bonds is 1. The van der Waals surface area contributed by atoms with E-state index in [1.165, 1.54) is 6.21 Å². The van der Waals surface area contributed by atoms with Gasteiger partial charge in [0, 0.05) is 11.8 Å². The van der Waals surface area contributed by atoms with Gasteiger partial charge in [0.05, 0.1) is 5.70 Å². The van der Waals surface area contributed by atoms with Crippen molar-refractivity contribution in [3.05, 3.63) is 47.7 Å². The van der Waals surface area contributed by atoms with E-state index in [9.17, 15) is 4.79 Å². The fourth-order valence-electron chi connectivity index (χ4n) is 1.58. The number of aliphatic imine (C=N–C) groups is 3. The highest BCUT2D eigenvalue weighted by Crippen LogP contribution is 2.17. The summed E-state index contributed by atoms with van der Waals surface area (Å²) in [6.07, 6.45) is 3.14. The maximum absolute atomic E-state index is 11.4. The standard InChI is InChI=1S/C12H7N3O/c16-12-10-9(6-7-13-12)14-11(15-10)8-4-2-1-3-5-8/h1-7H. The molecule has 76 valence electrons. The normalized spacial score (nSPS) is 17.8. The Bertz CT molecular complexity index is 580. The number of allylic oxidation sites excluding steroid dienone is 1. The maximum Gasteiger partial charge on any atom is 0.297 e. The van der Waals surface area contributed by atoms with Gasteiger partial charge in [-0.1, -0.05) is 30.3 Å². The minimum Gasteiger partial charge on any atom is -0.265 e. The Balaban J connectivity index is 2.06. The van der Waals surface area contributed by atoms with Gasteiger partial charge in [0.1, 0.15) is 0 Å². The highest BCUT2D eigenvalue weighted by atomic mass is 16.1. The average molecular weight is 209 g/mol. The molecule has 0 aliphatic carbocycles. The molecule has 2 heterocycles. The topological polar surface area (TPSA) is 54.1 Å². The van der Waals surface area contributed by atoms with Crippen LogP contribution in [-0.2, 0) is 4.79 Å². The molecule has 16 heavy (non-hydrogen) atoms. The van der Waals surface area contributed by atoms with Crippen molar-refractivity contribution in [3.8, 4) is 0 Å². The molecule has 0 fully saturated rings. The summed E-state index contributed by atoms with van der Waals surface area (Å²) in [6, 6.07) is 9.56. The van der Waals surface area contributed by atoms with Gasteiger partial charge in [-0.3, -0.25) is 4.79 Å². The monoisotopic (exact) mass is 209 g/mol. The number of benzene rings is 1. The summed E-state index contributed by atoms with van der Waals surface area (Å²) < 4.78 is 0. The summed E-state index contributed by atoms with van der Waals surface area (Å²) in [7, 11) is 0. The Kier molecular flexibility index (Phi) is 1.86. The third-order valence-corrected chi connectivity index (χ3v) is 2.35. The Morgan fingerprint density at radius 3 is 2.56 bits per heavy atom. The lowest BCUT2D eigenvalue weighted by atomic mass is 10.2. The van der Waals surface area contributed by atoms with Crippen LogP contribution < -0.4 is 0 Å². The van der Waals surface area contributed by atoms with Gasteiger partial charge in [-0.2, -0.15) is 0 Å². The molecule has 3 rings (SSSR count). The fraction of sp³-hybridized carbons (Fsp3) is 0. The largest absolute Gasteiger partial charge is 0.297 e. The Hall–Kier alpha value is -2.36. The van der Waals surface area contributed by atoms with Crippen LogP contribution in [0.15, 0.2) is 57.1 Å². The number of fused-ring (bicyclic) bond motifs is 1. The molecule has 0 saturated carbocycles. The van der Waals surface area contributed by atoms with E-state index in [4.69, 9.17) is 0 Å². The smallest absolute Gasteiger partial charge is 0.265 e. The number of amidine groups is 1. The van der Waals surface area contributed by atoms with Gasteiger partial charge >= 0.3 is 0 Å². The van der Waals surface area contributed by atoms with E-state index in [1.54, 1.807) is 6.08 Å². The van der Waals surface area contributed by atoms with Gasteiger partial charge in [0.25, 0.3) is 5.91 Å². The van der Waals surface area contributed by atoms with Crippen LogP contribution in [0.3, 0.4) is 0 Å². The number of nitrogens with zero attached hydrogens (tertiary/aromatic N) is 3. The number of carbonyl (C=O) groups excluding carboxylic acids is 1. The molecule has 0 radical (unpaired) electrons. The predicted octanol–water partition coefficient (Wildman–Crippen LogP) is 1.38. The van der Waals surface area contributed by atoms with Crippen molar-refractivity contribution in [2.45, 2.75) is 0 Å². The van der Waals surface area contributed by atoms with E-state index in [-0.39, 0.29) is 5.91 Å². The first kappa shape index (κ1) is 8.91. The molecule has 1 amide bonds. The van der Waals surface area contributed by atoms with Crippen molar-refractivity contribution in [3.63, 3.8) is 0 Å². The van der Waals surface area contributed by atoms with E-state index in [0.717, 1.165) is 5.56 Å². The van der Waals surface area contributed by atoms with Crippen LogP contribution in [0.1, 0.15) is 5.56 Å². The fourth-order valence-corrected chi connectivity index (χ4v) is 1.58. The van der Waals surface area contributed by atoms with Crippen LogP contribution in [0.25, 0.3) is 0 Å². The van der Waals surface area contributed by atoms with Crippen LogP contribution in [0.2, 0.25) is 0 Å². The first-order valence-corrected chi connectivity index (χ1v) is 4.86. The molecule has 0 bridgehead atoms. The van der Waals surface area contributed by atoms with Crippen molar-refractivity contribution in [1.29, 1.82) is 0 Å². The Labute approximate surface area is 91.8 Å². The Morgan fingerprint density at radius 2 is 1.81 bits per heavy atom. The van der Waals surface area contributed by atoms with E-state index in [0.29, 0.717) is 17.2 Å². The Morgan fingerprint density at radius 1 is 1.00 bits per heavy atom. The second kappa shape index (κ2) is 3.34. The lowest BCUT2D eigenvalue weighted by Gasteiger charge is -1.97. The van der Waals surface area contributed by atoms with Gasteiger partial charge in [0.2, 0.25) is 0 Å². The number of dihydropyridines is 1. The summed E-state index contributed by atoms with van der Waals surface area (Å²) in [6.45, 7) is 0.